The first-order valence-electron chi connectivity index (χ1n) is 8.30. The average molecular weight is 272 g/mol. The Bertz CT molecular complexity index is 415. The van der Waals surface area contributed by atoms with Crippen LogP contribution in [0.4, 0.5) is 0 Å². The Balaban J connectivity index is 1.73. The van der Waals surface area contributed by atoms with Crippen molar-refractivity contribution in [1.29, 1.82) is 0 Å². The highest BCUT2D eigenvalue weighted by atomic mass is 15.2. The molecule has 1 aromatic rings. The predicted octanol–water partition coefficient (Wildman–Crippen LogP) is 3.38. The van der Waals surface area contributed by atoms with E-state index in [0.717, 1.165) is 12.0 Å². The maximum absolute atomic E-state index is 6.11. The lowest BCUT2D eigenvalue weighted by Crippen LogP contribution is -2.41. The lowest BCUT2D eigenvalue weighted by atomic mass is 9.79. The standard InChI is InChI=1S/C18H28N2/c1-14(19)16-11-12-20(13-16)18-10-6-5-9-17(18)15-7-3-2-4-8-15/h2-4,7-8,14,16-18H,5-6,9-13,19H2,1H3. The minimum Gasteiger partial charge on any atom is -0.328 e. The number of hydrogen-bond acceptors (Lipinski definition) is 2. The Hall–Kier alpha value is -0.860. The molecule has 1 aliphatic heterocycles. The summed E-state index contributed by atoms with van der Waals surface area (Å²) in [4.78, 5) is 2.74. The third-order valence-corrected chi connectivity index (χ3v) is 5.43. The second kappa shape index (κ2) is 6.28. The van der Waals surface area contributed by atoms with Crippen LogP contribution in [-0.2, 0) is 0 Å². The molecule has 110 valence electrons. The number of rotatable bonds is 3. The SMILES string of the molecule is CC(N)C1CCN(C2CCCCC2c2ccccc2)C1. The van der Waals surface area contributed by atoms with E-state index in [2.05, 4.69) is 42.2 Å². The van der Waals surface area contributed by atoms with Crippen molar-refractivity contribution in [2.45, 2.75) is 57.0 Å². The van der Waals surface area contributed by atoms with Crippen LogP contribution in [0.3, 0.4) is 0 Å². The van der Waals surface area contributed by atoms with Crippen LogP contribution < -0.4 is 5.73 Å². The number of nitrogens with two attached hydrogens (primary N) is 1. The van der Waals surface area contributed by atoms with Crippen molar-refractivity contribution in [3.05, 3.63) is 35.9 Å². The van der Waals surface area contributed by atoms with Crippen molar-refractivity contribution in [2.75, 3.05) is 13.1 Å². The Kier molecular flexibility index (Phi) is 4.42. The first-order valence-corrected chi connectivity index (χ1v) is 8.30. The highest BCUT2D eigenvalue weighted by molar-refractivity contribution is 5.22. The predicted molar refractivity (Wildman–Crippen MR) is 84.8 cm³/mol. The van der Waals surface area contributed by atoms with E-state index in [0.29, 0.717) is 12.0 Å². The van der Waals surface area contributed by atoms with Crippen molar-refractivity contribution >= 4 is 0 Å². The fourth-order valence-electron chi connectivity index (χ4n) is 4.18. The smallest absolute Gasteiger partial charge is 0.0164 e. The van der Waals surface area contributed by atoms with Gasteiger partial charge < -0.3 is 5.73 Å². The highest BCUT2D eigenvalue weighted by Crippen LogP contribution is 2.38. The molecule has 2 nitrogen and oxygen atoms in total. The van der Waals surface area contributed by atoms with Crippen LogP contribution in [0.5, 0.6) is 0 Å². The number of nitrogens with zero attached hydrogens (tertiary/aromatic N) is 1. The summed E-state index contributed by atoms with van der Waals surface area (Å²) in [6, 6.07) is 12.2. The van der Waals surface area contributed by atoms with Gasteiger partial charge in [0.25, 0.3) is 0 Å². The average Bonchev–Trinajstić information content (AvgIpc) is 2.98. The molecule has 20 heavy (non-hydrogen) atoms. The second-order valence-electron chi connectivity index (χ2n) is 6.77. The van der Waals surface area contributed by atoms with Gasteiger partial charge in [-0.15, -0.1) is 0 Å². The lowest BCUT2D eigenvalue weighted by molar-refractivity contribution is 0.159. The molecule has 2 heteroatoms. The van der Waals surface area contributed by atoms with Gasteiger partial charge in [-0.1, -0.05) is 43.2 Å². The zero-order valence-electron chi connectivity index (χ0n) is 12.7. The monoisotopic (exact) mass is 272 g/mol. The molecule has 2 fully saturated rings. The molecule has 0 spiro atoms. The molecule has 3 rings (SSSR count). The quantitative estimate of drug-likeness (QED) is 0.914. The van der Waals surface area contributed by atoms with Gasteiger partial charge in [-0.2, -0.15) is 0 Å². The van der Waals surface area contributed by atoms with Crippen LogP contribution in [0, 0.1) is 5.92 Å². The molecule has 2 N–H and O–H groups in total. The minimum absolute atomic E-state index is 0.346. The van der Waals surface area contributed by atoms with Gasteiger partial charge in [0.05, 0.1) is 0 Å². The third-order valence-electron chi connectivity index (χ3n) is 5.43. The molecule has 0 amide bonds. The van der Waals surface area contributed by atoms with E-state index < -0.39 is 0 Å². The van der Waals surface area contributed by atoms with Gasteiger partial charge in [-0.05, 0) is 50.1 Å². The van der Waals surface area contributed by atoms with Crippen LogP contribution in [-0.4, -0.2) is 30.1 Å². The molecular weight excluding hydrogens is 244 g/mol. The zero-order valence-corrected chi connectivity index (χ0v) is 12.7. The van der Waals surface area contributed by atoms with E-state index in [9.17, 15) is 0 Å². The van der Waals surface area contributed by atoms with Crippen molar-refractivity contribution in [3.8, 4) is 0 Å². The molecule has 1 saturated heterocycles. The third kappa shape index (κ3) is 2.91. The molecule has 1 saturated carbocycles. The van der Waals surface area contributed by atoms with E-state index in [4.69, 9.17) is 5.73 Å². The molecule has 0 bridgehead atoms. The molecule has 0 aromatic heterocycles. The Morgan fingerprint density at radius 2 is 1.85 bits per heavy atom. The molecule has 0 radical (unpaired) electrons. The largest absolute Gasteiger partial charge is 0.328 e. The summed E-state index contributed by atoms with van der Waals surface area (Å²) in [5.41, 5.74) is 7.65. The molecule has 1 aliphatic carbocycles. The van der Waals surface area contributed by atoms with Gasteiger partial charge in [0, 0.05) is 18.6 Å². The van der Waals surface area contributed by atoms with E-state index in [1.165, 1.54) is 45.2 Å². The van der Waals surface area contributed by atoms with Gasteiger partial charge in [0.2, 0.25) is 0 Å². The molecule has 4 atom stereocenters. The molecule has 1 aromatic carbocycles. The number of likely N-dealkylation sites (tertiary alicyclic amines) is 1. The van der Waals surface area contributed by atoms with Crippen LogP contribution in [0.1, 0.15) is 50.5 Å². The molecule has 2 aliphatic rings. The number of benzene rings is 1. The van der Waals surface area contributed by atoms with Gasteiger partial charge in [-0.3, -0.25) is 4.90 Å². The second-order valence-corrected chi connectivity index (χ2v) is 6.77. The normalized spacial score (nSPS) is 33.2. The summed E-state index contributed by atoms with van der Waals surface area (Å²) < 4.78 is 0. The Labute approximate surface area is 123 Å². The topological polar surface area (TPSA) is 29.3 Å². The molecule has 4 unspecified atom stereocenters. The van der Waals surface area contributed by atoms with Crippen molar-refractivity contribution in [3.63, 3.8) is 0 Å². The summed E-state index contributed by atoms with van der Waals surface area (Å²) in [5.74, 6) is 1.44. The van der Waals surface area contributed by atoms with Crippen molar-refractivity contribution < 1.29 is 0 Å². The Morgan fingerprint density at radius 1 is 1.10 bits per heavy atom. The van der Waals surface area contributed by atoms with Crippen molar-refractivity contribution in [1.82, 2.24) is 4.90 Å². The van der Waals surface area contributed by atoms with Crippen molar-refractivity contribution in [2.24, 2.45) is 11.7 Å². The van der Waals surface area contributed by atoms with E-state index in [1.807, 2.05) is 0 Å². The fraction of sp³-hybridized carbons (Fsp3) is 0.667. The zero-order chi connectivity index (χ0) is 13.9. The molecular formula is C18H28N2. The summed E-state index contributed by atoms with van der Waals surface area (Å²) in [6.07, 6.45) is 6.79. The van der Waals surface area contributed by atoms with Gasteiger partial charge >= 0.3 is 0 Å². The fourth-order valence-corrected chi connectivity index (χ4v) is 4.18. The lowest BCUT2D eigenvalue weighted by Gasteiger charge is -2.38. The van der Waals surface area contributed by atoms with E-state index in [-0.39, 0.29) is 0 Å². The van der Waals surface area contributed by atoms with Crippen LogP contribution in [0.15, 0.2) is 30.3 Å². The first kappa shape index (κ1) is 14.1. The maximum Gasteiger partial charge on any atom is 0.0164 e. The summed E-state index contributed by atoms with van der Waals surface area (Å²) in [6.45, 7) is 4.63. The van der Waals surface area contributed by atoms with Gasteiger partial charge in [0.1, 0.15) is 0 Å². The van der Waals surface area contributed by atoms with Crippen LogP contribution >= 0.6 is 0 Å². The summed E-state index contributed by atoms with van der Waals surface area (Å²) >= 11 is 0. The summed E-state index contributed by atoms with van der Waals surface area (Å²) in [7, 11) is 0. The highest BCUT2D eigenvalue weighted by Gasteiger charge is 2.35. The van der Waals surface area contributed by atoms with E-state index >= 15 is 0 Å². The van der Waals surface area contributed by atoms with Crippen LogP contribution in [0.2, 0.25) is 0 Å². The maximum atomic E-state index is 6.11. The first-order chi connectivity index (χ1) is 9.75. The minimum atomic E-state index is 0.346. The van der Waals surface area contributed by atoms with Gasteiger partial charge in [-0.25, -0.2) is 0 Å². The summed E-state index contributed by atoms with van der Waals surface area (Å²) in [5, 5.41) is 0. The van der Waals surface area contributed by atoms with Crippen LogP contribution in [0.25, 0.3) is 0 Å². The Morgan fingerprint density at radius 3 is 2.55 bits per heavy atom. The molecule has 1 heterocycles. The van der Waals surface area contributed by atoms with Gasteiger partial charge in [0.15, 0.2) is 0 Å². The van der Waals surface area contributed by atoms with E-state index in [1.54, 1.807) is 5.56 Å². The number of hydrogen-bond donors (Lipinski definition) is 1.